The lowest BCUT2D eigenvalue weighted by Gasteiger charge is -2.37. The molecule has 2 aliphatic rings. The van der Waals surface area contributed by atoms with Gasteiger partial charge in [-0.3, -0.25) is 19.3 Å². The summed E-state index contributed by atoms with van der Waals surface area (Å²) in [7, 11) is 0. The number of carbonyl (C=O) groups is 3. The van der Waals surface area contributed by atoms with Crippen LogP contribution in [0.15, 0.2) is 60.8 Å². The average molecular weight is 625 g/mol. The van der Waals surface area contributed by atoms with Crippen molar-refractivity contribution in [3.63, 3.8) is 0 Å². The van der Waals surface area contributed by atoms with Crippen LogP contribution < -0.4 is 10.2 Å². The second-order valence-electron chi connectivity index (χ2n) is 10.8. The summed E-state index contributed by atoms with van der Waals surface area (Å²) in [5.74, 6) is -5.09. The predicted molar refractivity (Wildman–Crippen MR) is 154 cm³/mol. The fourth-order valence-corrected chi connectivity index (χ4v) is 5.87. The van der Waals surface area contributed by atoms with E-state index in [1.165, 1.54) is 41.4 Å². The van der Waals surface area contributed by atoms with E-state index in [-0.39, 0.29) is 65.9 Å². The predicted octanol–water partition coefficient (Wildman–Crippen LogP) is 5.10. The summed E-state index contributed by atoms with van der Waals surface area (Å²) in [4.78, 5) is 52.3. The van der Waals surface area contributed by atoms with Crippen molar-refractivity contribution in [3.05, 3.63) is 88.7 Å². The maximum atomic E-state index is 14.6. The molecule has 13 heteroatoms. The van der Waals surface area contributed by atoms with Crippen LogP contribution in [0.5, 0.6) is 0 Å². The number of rotatable bonds is 8. The molecule has 3 aromatic rings. The lowest BCUT2D eigenvalue weighted by Crippen LogP contribution is -2.53. The Morgan fingerprint density at radius 3 is 2.59 bits per heavy atom. The summed E-state index contributed by atoms with van der Waals surface area (Å²) in [6, 6.07) is 11.7. The number of amides is 3. The van der Waals surface area contributed by atoms with Gasteiger partial charge < -0.3 is 10.2 Å². The summed E-state index contributed by atoms with van der Waals surface area (Å²) in [5, 5.41) is 12.2. The van der Waals surface area contributed by atoms with Crippen molar-refractivity contribution in [2.75, 3.05) is 4.90 Å². The molecular formula is C31H28ClF3N6O3. The van der Waals surface area contributed by atoms with Crippen molar-refractivity contribution in [1.29, 1.82) is 5.26 Å². The van der Waals surface area contributed by atoms with Crippen LogP contribution in [0.1, 0.15) is 61.6 Å². The van der Waals surface area contributed by atoms with Crippen molar-refractivity contribution >= 4 is 35.0 Å². The number of hydrogen-bond donors (Lipinski definition) is 1. The average Bonchev–Trinajstić information content (AvgIpc) is 3.36. The molecular weight excluding hydrogens is 597 g/mol. The highest BCUT2D eigenvalue weighted by molar-refractivity contribution is 6.31. The van der Waals surface area contributed by atoms with Crippen molar-refractivity contribution < 1.29 is 27.6 Å². The smallest absolute Gasteiger partial charge is 0.250 e. The number of aromatic nitrogens is 2. The van der Waals surface area contributed by atoms with Gasteiger partial charge in [-0.05, 0) is 49.6 Å². The highest BCUT2D eigenvalue weighted by Gasteiger charge is 2.44. The van der Waals surface area contributed by atoms with E-state index in [9.17, 15) is 32.8 Å². The summed E-state index contributed by atoms with van der Waals surface area (Å²) in [5.41, 5.74) is 0.348. The lowest BCUT2D eigenvalue weighted by atomic mass is 9.91. The van der Waals surface area contributed by atoms with Gasteiger partial charge in [-0.25, -0.2) is 23.1 Å². The number of hydrogen-bond acceptors (Lipinski definition) is 6. The number of nitrogens with zero attached hydrogens (tertiary/aromatic N) is 5. The van der Waals surface area contributed by atoms with Gasteiger partial charge in [0.15, 0.2) is 0 Å². The highest BCUT2D eigenvalue weighted by Crippen LogP contribution is 2.37. The fourth-order valence-electron chi connectivity index (χ4n) is 5.63. The Bertz CT molecular complexity index is 1610. The third-order valence-electron chi connectivity index (χ3n) is 7.84. The van der Waals surface area contributed by atoms with Crippen LogP contribution in [0.4, 0.5) is 18.9 Å². The molecule has 1 N–H and O–H groups in total. The topological polar surface area (TPSA) is 119 Å². The number of carbonyl (C=O) groups excluding carboxylic acids is 3. The van der Waals surface area contributed by atoms with Crippen LogP contribution in [0.3, 0.4) is 0 Å². The number of anilines is 1. The van der Waals surface area contributed by atoms with Gasteiger partial charge in [0.25, 0.3) is 5.91 Å². The summed E-state index contributed by atoms with van der Waals surface area (Å²) in [6.45, 7) is -0.180. The summed E-state index contributed by atoms with van der Waals surface area (Å²) >= 11 is 6.56. The number of nitriles is 1. The standard InChI is InChI=1S/C31H28ClF3N6O3/c32-24-7-2-1-6-23(24)28(29(43)39-20-10-13-31(34,35)14-11-20)41(22-5-3-4-19(33)16-22)30(44)25-8-9-27(42)40(25)18-26-37-15-12-21(17-36)38-26/h1-7,12,15-16,20,25,28H,8-11,13-14,18H2,(H,39,43)/t25-,28-/m0/s1. The molecule has 0 spiro atoms. The molecule has 3 amide bonds. The zero-order valence-electron chi connectivity index (χ0n) is 23.4. The second-order valence-corrected chi connectivity index (χ2v) is 11.2. The molecule has 1 saturated carbocycles. The quantitative estimate of drug-likeness (QED) is 0.372. The van der Waals surface area contributed by atoms with E-state index < -0.39 is 54.5 Å². The minimum Gasteiger partial charge on any atom is -0.351 e. The number of alkyl halides is 2. The van der Waals surface area contributed by atoms with E-state index >= 15 is 0 Å². The molecule has 1 aromatic heterocycles. The van der Waals surface area contributed by atoms with Gasteiger partial charge in [-0.15, -0.1) is 0 Å². The first-order valence-corrected chi connectivity index (χ1v) is 14.5. The molecule has 1 aliphatic heterocycles. The van der Waals surface area contributed by atoms with Gasteiger partial charge in [0.05, 0.1) is 6.54 Å². The molecule has 1 saturated heterocycles. The molecule has 2 heterocycles. The zero-order valence-corrected chi connectivity index (χ0v) is 24.2. The number of benzene rings is 2. The van der Waals surface area contributed by atoms with Crippen LogP contribution in [0.2, 0.25) is 5.02 Å². The zero-order chi connectivity index (χ0) is 31.4. The third kappa shape index (κ3) is 6.83. The first kappa shape index (κ1) is 30.9. The maximum absolute atomic E-state index is 14.6. The summed E-state index contributed by atoms with van der Waals surface area (Å²) < 4.78 is 42.3. The molecule has 2 aromatic carbocycles. The molecule has 0 radical (unpaired) electrons. The second kappa shape index (κ2) is 13.0. The molecule has 1 aliphatic carbocycles. The third-order valence-corrected chi connectivity index (χ3v) is 8.18. The Balaban J connectivity index is 1.55. The Hall–Kier alpha value is -4.50. The molecule has 5 rings (SSSR count). The van der Waals surface area contributed by atoms with Gasteiger partial charge in [-0.2, -0.15) is 5.26 Å². The van der Waals surface area contributed by atoms with Gasteiger partial charge >= 0.3 is 0 Å². The van der Waals surface area contributed by atoms with Crippen molar-refractivity contribution in [3.8, 4) is 6.07 Å². The Morgan fingerprint density at radius 1 is 1.14 bits per heavy atom. The molecule has 2 atom stereocenters. The first-order valence-electron chi connectivity index (χ1n) is 14.1. The Labute approximate surface area is 256 Å². The molecule has 44 heavy (non-hydrogen) atoms. The number of likely N-dealkylation sites (tertiary alicyclic amines) is 1. The van der Waals surface area contributed by atoms with E-state index in [0.29, 0.717) is 0 Å². The van der Waals surface area contributed by atoms with E-state index in [0.717, 1.165) is 11.0 Å². The molecule has 0 unspecified atom stereocenters. The van der Waals surface area contributed by atoms with Gasteiger partial charge in [-0.1, -0.05) is 35.9 Å². The first-order chi connectivity index (χ1) is 21.1. The van der Waals surface area contributed by atoms with Gasteiger partial charge in [0, 0.05) is 47.8 Å². The monoisotopic (exact) mass is 624 g/mol. The SMILES string of the molecule is N#Cc1ccnc(CN2C(=O)CC[C@H]2C(=O)N(c2cccc(F)c2)[C@H](C(=O)NC2CCC(F)(F)CC2)c2ccccc2Cl)n1. The van der Waals surface area contributed by atoms with Crippen molar-refractivity contribution in [1.82, 2.24) is 20.2 Å². The van der Waals surface area contributed by atoms with E-state index in [1.807, 2.05) is 6.07 Å². The molecule has 9 nitrogen and oxygen atoms in total. The Morgan fingerprint density at radius 2 is 1.89 bits per heavy atom. The van der Waals surface area contributed by atoms with Gasteiger partial charge in [0.2, 0.25) is 17.7 Å². The van der Waals surface area contributed by atoms with Crippen LogP contribution >= 0.6 is 11.6 Å². The van der Waals surface area contributed by atoms with Crippen molar-refractivity contribution in [2.24, 2.45) is 0 Å². The van der Waals surface area contributed by atoms with Crippen LogP contribution in [-0.2, 0) is 20.9 Å². The molecule has 2 fully saturated rings. The van der Waals surface area contributed by atoms with Gasteiger partial charge in [0.1, 0.15) is 35.5 Å². The maximum Gasteiger partial charge on any atom is 0.250 e. The van der Waals surface area contributed by atoms with E-state index in [4.69, 9.17) is 11.6 Å². The minimum atomic E-state index is -2.82. The fraction of sp³-hybridized carbons (Fsp3) is 0.355. The lowest BCUT2D eigenvalue weighted by molar-refractivity contribution is -0.135. The van der Waals surface area contributed by atoms with E-state index in [2.05, 4.69) is 15.3 Å². The Kier molecular flexibility index (Phi) is 9.15. The largest absolute Gasteiger partial charge is 0.351 e. The van der Waals surface area contributed by atoms with Crippen LogP contribution in [0, 0.1) is 17.1 Å². The normalized spacial score (nSPS) is 18.8. The van der Waals surface area contributed by atoms with Crippen LogP contribution in [-0.4, -0.2) is 50.6 Å². The highest BCUT2D eigenvalue weighted by atomic mass is 35.5. The van der Waals surface area contributed by atoms with Crippen LogP contribution in [0.25, 0.3) is 0 Å². The minimum absolute atomic E-state index is 0.0184. The van der Waals surface area contributed by atoms with Crippen molar-refractivity contribution in [2.45, 2.75) is 69.1 Å². The molecule has 0 bridgehead atoms. The number of nitrogens with one attached hydrogen (secondary N) is 1. The molecule has 228 valence electrons. The van der Waals surface area contributed by atoms with E-state index in [1.54, 1.807) is 18.2 Å². The number of halogens is 4. The summed E-state index contributed by atoms with van der Waals surface area (Å²) in [6.07, 6.45) is 0.769.